The molecule has 4 aromatic rings. The highest BCUT2D eigenvalue weighted by molar-refractivity contribution is 6.32. The number of carbonyl (C=O) groups excluding carboxylic acids is 2. The predicted molar refractivity (Wildman–Crippen MR) is 170 cm³/mol. The summed E-state index contributed by atoms with van der Waals surface area (Å²) in [6, 6.07) is 19.8. The average molecular weight is 589 g/mol. The molecule has 1 amide bonds. The number of nitrogens with zero attached hydrogens (tertiary/aromatic N) is 1. The van der Waals surface area contributed by atoms with Crippen LogP contribution in [0.5, 0.6) is 5.75 Å². The fourth-order valence-corrected chi connectivity index (χ4v) is 5.40. The Balaban J connectivity index is 1.57. The number of esters is 1. The molecular weight excluding hydrogens is 548 g/mol. The van der Waals surface area contributed by atoms with Gasteiger partial charge in [-0.3, -0.25) is 4.79 Å². The fraction of sp³-hybridized carbons (Fsp3) is 0.371. The van der Waals surface area contributed by atoms with E-state index in [1.807, 2.05) is 50.2 Å². The lowest BCUT2D eigenvalue weighted by atomic mass is 9.98. The minimum absolute atomic E-state index is 0.101. The van der Waals surface area contributed by atoms with Crippen LogP contribution in [0.15, 0.2) is 60.7 Å². The molecule has 0 saturated heterocycles. The Bertz CT molecular complexity index is 1590. The van der Waals surface area contributed by atoms with Gasteiger partial charge < -0.3 is 19.4 Å². The topological polar surface area (TPSA) is 69.6 Å². The Labute approximate surface area is 254 Å². The molecule has 222 valence electrons. The van der Waals surface area contributed by atoms with Gasteiger partial charge in [0, 0.05) is 28.7 Å². The number of benzene rings is 3. The fourth-order valence-electron chi connectivity index (χ4n) is 5.24. The quantitative estimate of drug-likeness (QED) is 0.179. The third kappa shape index (κ3) is 6.81. The van der Waals surface area contributed by atoms with E-state index in [2.05, 4.69) is 55.8 Å². The van der Waals surface area contributed by atoms with Gasteiger partial charge in [0.1, 0.15) is 5.75 Å². The van der Waals surface area contributed by atoms with E-state index in [9.17, 15) is 9.59 Å². The van der Waals surface area contributed by atoms with Crippen molar-refractivity contribution in [3.05, 3.63) is 99.2 Å². The van der Waals surface area contributed by atoms with Crippen LogP contribution in [0.1, 0.15) is 90.8 Å². The number of nitrogens with one attached hydrogen (secondary N) is 1. The lowest BCUT2D eigenvalue weighted by molar-refractivity contribution is -0.149. The highest BCUT2D eigenvalue weighted by atomic mass is 35.5. The van der Waals surface area contributed by atoms with Crippen LogP contribution in [-0.4, -0.2) is 29.7 Å². The van der Waals surface area contributed by atoms with Gasteiger partial charge in [0.25, 0.3) is 5.91 Å². The molecule has 7 heteroatoms. The highest BCUT2D eigenvalue weighted by Gasteiger charge is 2.22. The normalized spacial score (nSPS) is 12.8. The maximum Gasteiger partial charge on any atom is 0.347 e. The number of halogens is 1. The molecule has 0 bridgehead atoms. The van der Waals surface area contributed by atoms with E-state index >= 15 is 0 Å². The first kappa shape index (κ1) is 31.2. The van der Waals surface area contributed by atoms with Crippen molar-refractivity contribution < 1.29 is 19.1 Å². The summed E-state index contributed by atoms with van der Waals surface area (Å²) in [4.78, 5) is 25.5. The third-order valence-corrected chi connectivity index (χ3v) is 8.26. The smallest absolute Gasteiger partial charge is 0.347 e. The van der Waals surface area contributed by atoms with Gasteiger partial charge in [0.15, 0.2) is 6.10 Å². The van der Waals surface area contributed by atoms with Crippen molar-refractivity contribution in [2.45, 2.75) is 79.0 Å². The van der Waals surface area contributed by atoms with Crippen LogP contribution in [0.3, 0.4) is 0 Å². The number of aryl methyl sites for hydroxylation is 1. The molecule has 0 saturated carbocycles. The predicted octanol–water partition coefficient (Wildman–Crippen LogP) is 8.29. The van der Waals surface area contributed by atoms with Crippen molar-refractivity contribution in [2.24, 2.45) is 0 Å². The number of carbonyl (C=O) groups is 2. The molecule has 0 radical (unpaired) electrons. The van der Waals surface area contributed by atoms with Crippen molar-refractivity contribution in [1.82, 2.24) is 9.88 Å². The minimum Gasteiger partial charge on any atom is -0.477 e. The molecule has 3 aromatic carbocycles. The standard InChI is InChI=1S/C35H41ClN2O4/c1-8-10-32(35(40)41-7)42-33-17-25(13-15-30(33)36)20-38-24(6)22(4)29-19-28(14-16-31(29)38)34(39)37-23(5)27-12-9-11-26(18-27)21(2)3/h9,11-19,21,23,32H,8,10,20H2,1-7H3,(H,37,39)/t23-,32+/m0/s1. The summed E-state index contributed by atoms with van der Waals surface area (Å²) >= 11 is 6.44. The number of rotatable bonds is 11. The van der Waals surface area contributed by atoms with Gasteiger partial charge in [-0.2, -0.15) is 0 Å². The molecule has 6 nitrogen and oxygen atoms in total. The molecule has 2 atom stereocenters. The van der Waals surface area contributed by atoms with Gasteiger partial charge >= 0.3 is 5.97 Å². The summed E-state index contributed by atoms with van der Waals surface area (Å²) in [7, 11) is 1.36. The van der Waals surface area contributed by atoms with Gasteiger partial charge in [0.05, 0.1) is 18.2 Å². The van der Waals surface area contributed by atoms with E-state index in [1.165, 1.54) is 12.7 Å². The third-order valence-electron chi connectivity index (χ3n) is 7.95. The van der Waals surface area contributed by atoms with Gasteiger partial charge in [-0.05, 0) is 85.7 Å². The van der Waals surface area contributed by atoms with Crippen LogP contribution in [0.4, 0.5) is 0 Å². The molecule has 1 aromatic heterocycles. The monoisotopic (exact) mass is 588 g/mol. The summed E-state index contributed by atoms with van der Waals surface area (Å²) in [6.45, 7) is 13.1. The van der Waals surface area contributed by atoms with E-state index in [-0.39, 0.29) is 11.9 Å². The molecule has 1 N–H and O–H groups in total. The molecule has 0 aliphatic carbocycles. The van der Waals surface area contributed by atoms with Crippen molar-refractivity contribution in [3.8, 4) is 5.75 Å². The maximum atomic E-state index is 13.3. The number of hydrogen-bond acceptors (Lipinski definition) is 4. The number of ether oxygens (including phenoxy) is 2. The Kier molecular flexibility index (Phi) is 10.00. The van der Waals surface area contributed by atoms with Crippen LogP contribution >= 0.6 is 11.6 Å². The van der Waals surface area contributed by atoms with Crippen molar-refractivity contribution >= 4 is 34.4 Å². The number of amides is 1. The first-order chi connectivity index (χ1) is 20.0. The average Bonchev–Trinajstić information content (AvgIpc) is 3.22. The molecule has 0 fully saturated rings. The summed E-state index contributed by atoms with van der Waals surface area (Å²) < 4.78 is 13.1. The highest BCUT2D eigenvalue weighted by Crippen LogP contribution is 2.31. The van der Waals surface area contributed by atoms with E-state index in [0.29, 0.717) is 35.2 Å². The number of hydrogen-bond donors (Lipinski definition) is 1. The molecular formula is C35H41ClN2O4. The molecule has 0 spiro atoms. The molecule has 1 heterocycles. The summed E-state index contributed by atoms with van der Waals surface area (Å²) in [5, 5.41) is 4.64. The SMILES string of the molecule is CCC[C@@H](Oc1cc(Cn2c(C)c(C)c3cc(C(=O)N[C@@H](C)c4cccc(C(C)C)c4)ccc32)ccc1Cl)C(=O)OC. The van der Waals surface area contributed by atoms with Crippen LogP contribution in [-0.2, 0) is 16.1 Å². The first-order valence-electron chi connectivity index (χ1n) is 14.6. The Hall–Kier alpha value is -3.77. The minimum atomic E-state index is -0.712. The van der Waals surface area contributed by atoms with Crippen molar-refractivity contribution in [1.29, 1.82) is 0 Å². The molecule has 42 heavy (non-hydrogen) atoms. The maximum absolute atomic E-state index is 13.3. The Morgan fingerprint density at radius 1 is 0.976 bits per heavy atom. The second-order valence-electron chi connectivity index (χ2n) is 11.2. The van der Waals surface area contributed by atoms with Gasteiger partial charge in [-0.25, -0.2) is 4.79 Å². The zero-order valence-corrected chi connectivity index (χ0v) is 26.3. The second-order valence-corrected chi connectivity index (χ2v) is 11.6. The van der Waals surface area contributed by atoms with E-state index in [0.717, 1.165) is 39.7 Å². The van der Waals surface area contributed by atoms with E-state index < -0.39 is 12.1 Å². The lowest BCUT2D eigenvalue weighted by Crippen LogP contribution is -2.28. The van der Waals surface area contributed by atoms with Gasteiger partial charge in [-0.15, -0.1) is 0 Å². The summed E-state index contributed by atoms with van der Waals surface area (Å²) in [5.74, 6) is 0.363. The zero-order chi connectivity index (χ0) is 30.6. The van der Waals surface area contributed by atoms with Crippen LogP contribution in [0.2, 0.25) is 5.02 Å². The van der Waals surface area contributed by atoms with Gasteiger partial charge in [-0.1, -0.05) is 69.1 Å². The summed E-state index contributed by atoms with van der Waals surface area (Å²) in [5.41, 5.74) is 7.22. The Morgan fingerprint density at radius 2 is 1.71 bits per heavy atom. The lowest BCUT2D eigenvalue weighted by Gasteiger charge is -2.18. The van der Waals surface area contributed by atoms with Crippen LogP contribution in [0.25, 0.3) is 10.9 Å². The van der Waals surface area contributed by atoms with Crippen LogP contribution in [0, 0.1) is 13.8 Å². The largest absolute Gasteiger partial charge is 0.477 e. The van der Waals surface area contributed by atoms with Gasteiger partial charge in [0.2, 0.25) is 0 Å². The molecule has 4 rings (SSSR count). The Morgan fingerprint density at radius 3 is 2.40 bits per heavy atom. The number of methoxy groups -OCH3 is 1. The number of aromatic nitrogens is 1. The van der Waals surface area contributed by atoms with Crippen molar-refractivity contribution in [2.75, 3.05) is 7.11 Å². The summed E-state index contributed by atoms with van der Waals surface area (Å²) in [6.07, 6.45) is 0.595. The van der Waals surface area contributed by atoms with E-state index in [4.69, 9.17) is 21.1 Å². The molecule has 0 unspecified atom stereocenters. The van der Waals surface area contributed by atoms with Crippen LogP contribution < -0.4 is 10.1 Å². The molecule has 0 aliphatic heterocycles. The number of fused-ring (bicyclic) bond motifs is 1. The molecule has 0 aliphatic rings. The second kappa shape index (κ2) is 13.5. The first-order valence-corrected chi connectivity index (χ1v) is 14.9. The van der Waals surface area contributed by atoms with E-state index in [1.54, 1.807) is 6.07 Å². The van der Waals surface area contributed by atoms with Crippen molar-refractivity contribution in [3.63, 3.8) is 0 Å². The zero-order valence-electron chi connectivity index (χ0n) is 25.6.